The number of nitriles is 1. The monoisotopic (exact) mass is 261 g/mol. The molecule has 1 aliphatic heterocycles. The maximum absolute atomic E-state index is 13.8. The predicted octanol–water partition coefficient (Wildman–Crippen LogP) is 1.18. The molecular formula is C13H12FN3O2. The summed E-state index contributed by atoms with van der Waals surface area (Å²) in [5, 5.41) is 8.99. The lowest BCUT2D eigenvalue weighted by Gasteiger charge is -2.21. The van der Waals surface area contributed by atoms with E-state index in [1.165, 1.54) is 11.1 Å². The average Bonchev–Trinajstić information content (AvgIpc) is 3.19. The highest BCUT2D eigenvalue weighted by Gasteiger charge is 2.53. The lowest BCUT2D eigenvalue weighted by molar-refractivity contribution is -0.138. The molecule has 1 saturated carbocycles. The van der Waals surface area contributed by atoms with E-state index in [0.29, 0.717) is 36.3 Å². The number of fused-ring (bicyclic) bond motifs is 1. The van der Waals surface area contributed by atoms with Crippen LogP contribution in [-0.2, 0) is 11.3 Å². The number of alkyl halides is 1. The summed E-state index contributed by atoms with van der Waals surface area (Å²) in [6.45, 7) is 0.819. The molecule has 1 fully saturated rings. The number of ether oxygens (including phenoxy) is 1. The Balaban J connectivity index is 1.89. The lowest BCUT2D eigenvalue weighted by atomic mass is 10.1. The van der Waals surface area contributed by atoms with Gasteiger partial charge in [-0.2, -0.15) is 5.26 Å². The van der Waals surface area contributed by atoms with E-state index in [2.05, 4.69) is 4.98 Å². The van der Waals surface area contributed by atoms with Crippen molar-refractivity contribution in [1.29, 1.82) is 5.26 Å². The number of hydrogen-bond acceptors (Lipinski definition) is 4. The van der Waals surface area contributed by atoms with Crippen molar-refractivity contribution in [3.8, 4) is 11.8 Å². The zero-order valence-corrected chi connectivity index (χ0v) is 10.2. The van der Waals surface area contributed by atoms with Gasteiger partial charge in [-0.25, -0.2) is 4.39 Å². The minimum absolute atomic E-state index is 0.238. The number of carbonyl (C=O) groups is 1. The van der Waals surface area contributed by atoms with Gasteiger partial charge in [-0.15, -0.1) is 0 Å². The van der Waals surface area contributed by atoms with Crippen LogP contribution in [0.5, 0.6) is 5.75 Å². The Hall–Kier alpha value is -2.16. The smallest absolute Gasteiger partial charge is 0.260 e. The van der Waals surface area contributed by atoms with Gasteiger partial charge in [0.25, 0.3) is 5.91 Å². The lowest BCUT2D eigenvalue weighted by Crippen LogP contribution is -2.39. The summed E-state index contributed by atoms with van der Waals surface area (Å²) < 4.78 is 19.3. The fourth-order valence-corrected chi connectivity index (χ4v) is 2.18. The maximum atomic E-state index is 13.8. The number of carbonyl (C=O) groups excluding carboxylic acids is 1. The van der Waals surface area contributed by atoms with Gasteiger partial charge in [-0.05, 0) is 12.8 Å². The van der Waals surface area contributed by atoms with Crippen LogP contribution in [0.1, 0.15) is 24.0 Å². The molecule has 1 aromatic heterocycles. The Labute approximate surface area is 109 Å². The van der Waals surface area contributed by atoms with Gasteiger partial charge in [-0.3, -0.25) is 9.78 Å². The summed E-state index contributed by atoms with van der Waals surface area (Å²) in [5.74, 6) is -0.0252. The molecule has 0 bridgehead atoms. The molecule has 19 heavy (non-hydrogen) atoms. The molecule has 0 unspecified atom stereocenters. The second-order valence-corrected chi connectivity index (χ2v) is 4.83. The number of rotatable bonds is 1. The van der Waals surface area contributed by atoms with Gasteiger partial charge in [0, 0.05) is 18.0 Å². The molecule has 0 radical (unpaired) electrons. The summed E-state index contributed by atoms with van der Waals surface area (Å²) in [6.07, 6.45) is 3.58. The second kappa shape index (κ2) is 4.19. The van der Waals surface area contributed by atoms with Gasteiger partial charge in [0.05, 0.1) is 13.1 Å². The highest BCUT2D eigenvalue weighted by molar-refractivity contribution is 5.88. The summed E-state index contributed by atoms with van der Waals surface area (Å²) in [7, 11) is 0. The van der Waals surface area contributed by atoms with Crippen LogP contribution in [-0.4, -0.2) is 34.6 Å². The molecular weight excluding hydrogens is 249 g/mol. The van der Waals surface area contributed by atoms with Crippen LogP contribution in [0, 0.1) is 11.3 Å². The first-order valence-electron chi connectivity index (χ1n) is 6.12. The van der Waals surface area contributed by atoms with Crippen LogP contribution < -0.4 is 4.74 Å². The van der Waals surface area contributed by atoms with E-state index < -0.39 is 11.6 Å². The van der Waals surface area contributed by atoms with Gasteiger partial charge < -0.3 is 9.64 Å². The molecule has 2 aliphatic rings. The number of amides is 1. The van der Waals surface area contributed by atoms with Gasteiger partial charge in [0.1, 0.15) is 24.0 Å². The van der Waals surface area contributed by atoms with E-state index in [9.17, 15) is 9.18 Å². The Morgan fingerprint density at radius 2 is 2.32 bits per heavy atom. The molecule has 0 N–H and O–H groups in total. The van der Waals surface area contributed by atoms with Gasteiger partial charge in [0.2, 0.25) is 0 Å². The topological polar surface area (TPSA) is 66.2 Å². The van der Waals surface area contributed by atoms with Gasteiger partial charge in [-0.1, -0.05) is 0 Å². The number of halogens is 1. The van der Waals surface area contributed by atoms with E-state index in [0.717, 1.165) is 0 Å². The molecule has 2 heterocycles. The SMILES string of the molecule is N#Cc1cncc2c1OCCN(C(=O)C1(F)CC1)C2. The Morgan fingerprint density at radius 3 is 3.00 bits per heavy atom. The minimum atomic E-state index is -1.68. The normalized spacial score (nSPS) is 19.7. The Bertz CT molecular complexity index is 578. The Morgan fingerprint density at radius 1 is 1.53 bits per heavy atom. The zero-order chi connectivity index (χ0) is 13.5. The fraction of sp³-hybridized carbons (Fsp3) is 0.462. The largest absolute Gasteiger partial charge is 0.490 e. The third kappa shape index (κ3) is 2.01. The third-order valence-corrected chi connectivity index (χ3v) is 3.42. The summed E-state index contributed by atoms with van der Waals surface area (Å²) >= 11 is 0. The number of nitrogens with zero attached hydrogens (tertiary/aromatic N) is 3. The maximum Gasteiger partial charge on any atom is 0.260 e. The number of pyridine rings is 1. The Kier molecular flexibility index (Phi) is 2.63. The predicted molar refractivity (Wildman–Crippen MR) is 62.9 cm³/mol. The van der Waals surface area contributed by atoms with Crippen LogP contribution >= 0.6 is 0 Å². The van der Waals surface area contributed by atoms with Crippen molar-refractivity contribution in [2.75, 3.05) is 13.2 Å². The standard InChI is InChI=1S/C13H12FN3O2/c14-13(1-2-13)12(18)17-3-4-19-11-9(5-15)6-16-7-10(11)8-17/h6-7H,1-4,8H2. The molecule has 1 aliphatic carbocycles. The molecule has 1 aromatic rings. The summed E-state index contributed by atoms with van der Waals surface area (Å²) in [5.41, 5.74) is -0.688. The van der Waals surface area contributed by atoms with Crippen molar-refractivity contribution in [3.63, 3.8) is 0 Å². The highest BCUT2D eigenvalue weighted by Crippen LogP contribution is 2.42. The van der Waals surface area contributed by atoms with Crippen LogP contribution in [0.15, 0.2) is 12.4 Å². The molecule has 0 saturated heterocycles. The molecule has 6 heteroatoms. The quantitative estimate of drug-likeness (QED) is 0.761. The molecule has 0 spiro atoms. The van der Waals surface area contributed by atoms with E-state index in [4.69, 9.17) is 10.00 Å². The molecule has 98 valence electrons. The molecule has 3 rings (SSSR count). The van der Waals surface area contributed by atoms with E-state index in [1.807, 2.05) is 6.07 Å². The molecule has 0 aromatic carbocycles. The van der Waals surface area contributed by atoms with Crippen LogP contribution in [0.4, 0.5) is 4.39 Å². The van der Waals surface area contributed by atoms with Crippen molar-refractivity contribution in [3.05, 3.63) is 23.5 Å². The minimum Gasteiger partial charge on any atom is -0.490 e. The number of aromatic nitrogens is 1. The first-order chi connectivity index (χ1) is 9.14. The second-order valence-electron chi connectivity index (χ2n) is 4.83. The number of hydrogen-bond donors (Lipinski definition) is 0. The molecule has 0 atom stereocenters. The summed E-state index contributed by atoms with van der Waals surface area (Å²) in [6, 6.07) is 2.00. The van der Waals surface area contributed by atoms with Crippen molar-refractivity contribution >= 4 is 5.91 Å². The highest BCUT2D eigenvalue weighted by atomic mass is 19.1. The van der Waals surface area contributed by atoms with Crippen LogP contribution in [0.25, 0.3) is 0 Å². The van der Waals surface area contributed by atoms with E-state index >= 15 is 0 Å². The van der Waals surface area contributed by atoms with Gasteiger partial charge >= 0.3 is 0 Å². The summed E-state index contributed by atoms with van der Waals surface area (Å²) in [4.78, 5) is 17.4. The van der Waals surface area contributed by atoms with Crippen molar-refractivity contribution in [2.24, 2.45) is 0 Å². The average molecular weight is 261 g/mol. The molecule has 5 nitrogen and oxygen atoms in total. The third-order valence-electron chi connectivity index (χ3n) is 3.42. The van der Waals surface area contributed by atoms with E-state index in [1.54, 1.807) is 6.20 Å². The first kappa shape index (κ1) is 11.9. The van der Waals surface area contributed by atoms with Crippen LogP contribution in [0.3, 0.4) is 0 Å². The van der Waals surface area contributed by atoms with Crippen molar-refractivity contribution in [1.82, 2.24) is 9.88 Å². The molecule has 1 amide bonds. The fourth-order valence-electron chi connectivity index (χ4n) is 2.18. The first-order valence-corrected chi connectivity index (χ1v) is 6.12. The van der Waals surface area contributed by atoms with E-state index in [-0.39, 0.29) is 13.2 Å². The van der Waals surface area contributed by atoms with Crippen LogP contribution in [0.2, 0.25) is 0 Å². The zero-order valence-electron chi connectivity index (χ0n) is 10.2. The van der Waals surface area contributed by atoms with Gasteiger partial charge in [0.15, 0.2) is 5.67 Å². The van der Waals surface area contributed by atoms with Crippen molar-refractivity contribution in [2.45, 2.75) is 25.1 Å². The van der Waals surface area contributed by atoms with Crippen molar-refractivity contribution < 1.29 is 13.9 Å².